The summed E-state index contributed by atoms with van der Waals surface area (Å²) in [6.07, 6.45) is 6.72. The molecule has 0 fully saturated rings. The van der Waals surface area contributed by atoms with Crippen LogP contribution in [0.1, 0.15) is 19.3 Å². The van der Waals surface area contributed by atoms with E-state index in [1.54, 1.807) is 13.3 Å². The fourth-order valence-electron chi connectivity index (χ4n) is 1.02. The first-order valence-corrected chi connectivity index (χ1v) is 9.36. The number of terminal acetylenes is 1. The lowest BCUT2D eigenvalue weighted by atomic mass is 10.3. The summed E-state index contributed by atoms with van der Waals surface area (Å²) in [4.78, 5) is 0. The predicted octanol–water partition coefficient (Wildman–Crippen LogP) is 1.69. The van der Waals surface area contributed by atoms with Crippen LogP contribution in [0.3, 0.4) is 0 Å². The molecule has 100 valence electrons. The minimum atomic E-state index is -3.50. The van der Waals surface area contributed by atoms with Crippen LogP contribution in [-0.4, -0.2) is 40.7 Å². The first-order valence-electron chi connectivity index (χ1n) is 5.27. The van der Waals surface area contributed by atoms with E-state index >= 15 is 0 Å². The van der Waals surface area contributed by atoms with Crippen LogP contribution in [0, 0.1) is 12.3 Å². The van der Waals surface area contributed by atoms with Gasteiger partial charge in [0.1, 0.15) is 6.61 Å². The number of hydrogen-bond donors (Lipinski definition) is 0. The van der Waals surface area contributed by atoms with E-state index in [4.69, 9.17) is 10.9 Å². The molecular formula is C10H19O5PS. The van der Waals surface area contributed by atoms with Crippen molar-refractivity contribution in [2.75, 3.05) is 32.3 Å². The van der Waals surface area contributed by atoms with Crippen molar-refractivity contribution in [2.24, 2.45) is 0 Å². The molecule has 0 aliphatic carbocycles. The Morgan fingerprint density at radius 3 is 2.41 bits per heavy atom. The molecule has 0 heterocycles. The van der Waals surface area contributed by atoms with Gasteiger partial charge in [-0.1, -0.05) is 12.3 Å². The van der Waals surface area contributed by atoms with E-state index < -0.39 is 17.5 Å². The summed E-state index contributed by atoms with van der Waals surface area (Å²) in [6.45, 7) is 3.26. The van der Waals surface area contributed by atoms with Crippen molar-refractivity contribution in [1.29, 1.82) is 0 Å². The third-order valence-corrected chi connectivity index (χ3v) is 3.83. The quantitative estimate of drug-likeness (QED) is 0.278. The molecule has 0 bridgehead atoms. The van der Waals surface area contributed by atoms with Crippen LogP contribution in [0.2, 0.25) is 0 Å². The summed E-state index contributed by atoms with van der Waals surface area (Å²) < 4.78 is 43.1. The van der Waals surface area contributed by atoms with Crippen LogP contribution in [-0.2, 0) is 23.4 Å². The largest absolute Gasteiger partial charge is 0.329 e. The van der Waals surface area contributed by atoms with E-state index in [0.29, 0.717) is 25.9 Å². The second-order valence-corrected chi connectivity index (χ2v) is 8.40. The van der Waals surface area contributed by atoms with Crippen molar-refractivity contribution in [3.8, 4) is 12.3 Å². The Kier molecular flexibility index (Phi) is 7.73. The third-order valence-electron chi connectivity index (χ3n) is 1.76. The fourth-order valence-corrected chi connectivity index (χ4v) is 2.52. The maximum Gasteiger partial charge on any atom is 0.268 e. The van der Waals surface area contributed by atoms with Crippen LogP contribution >= 0.6 is 7.37 Å². The normalized spacial score (nSPS) is 12.3. The highest BCUT2D eigenvalue weighted by molar-refractivity contribution is 7.86. The van der Waals surface area contributed by atoms with E-state index in [1.165, 1.54) is 0 Å². The van der Waals surface area contributed by atoms with Crippen LogP contribution in [0.4, 0.5) is 0 Å². The molecule has 0 aliphatic rings. The molecule has 0 unspecified atom stereocenters. The van der Waals surface area contributed by atoms with Gasteiger partial charge >= 0.3 is 0 Å². The van der Waals surface area contributed by atoms with Crippen molar-refractivity contribution < 1.29 is 21.7 Å². The fraction of sp³-hybridized carbons (Fsp3) is 0.800. The van der Waals surface area contributed by atoms with E-state index in [0.717, 1.165) is 0 Å². The topological polar surface area (TPSA) is 69.7 Å². The Bertz CT molecular complexity index is 389. The van der Waals surface area contributed by atoms with Gasteiger partial charge in [0, 0.05) is 13.3 Å². The first kappa shape index (κ1) is 16.7. The SMILES string of the molecule is C#CCOS(=O)(=O)CCCCCOP(C)(C)=O. The molecule has 0 saturated carbocycles. The summed E-state index contributed by atoms with van der Waals surface area (Å²) in [5.41, 5.74) is 0. The summed E-state index contributed by atoms with van der Waals surface area (Å²) in [7, 11) is -5.92. The standard InChI is InChI=1S/C10H19O5PS/c1-4-8-15-17(12,13)10-7-5-6-9-14-16(2,3)11/h1H,5-10H2,2-3H3. The van der Waals surface area contributed by atoms with Crippen LogP contribution in [0.25, 0.3) is 0 Å². The monoisotopic (exact) mass is 282 g/mol. The Balaban J connectivity index is 3.59. The molecule has 0 atom stereocenters. The summed E-state index contributed by atoms with van der Waals surface area (Å²) in [6, 6.07) is 0. The summed E-state index contributed by atoms with van der Waals surface area (Å²) in [5, 5.41) is 0. The van der Waals surface area contributed by atoms with Crippen LogP contribution in [0.15, 0.2) is 0 Å². The van der Waals surface area contributed by atoms with Crippen molar-refractivity contribution in [2.45, 2.75) is 19.3 Å². The third kappa shape index (κ3) is 11.9. The van der Waals surface area contributed by atoms with Crippen molar-refractivity contribution >= 4 is 17.5 Å². The van der Waals surface area contributed by atoms with Gasteiger partial charge in [-0.25, -0.2) is 0 Å². The molecule has 5 nitrogen and oxygen atoms in total. The van der Waals surface area contributed by atoms with Gasteiger partial charge in [-0.15, -0.1) is 6.42 Å². The highest BCUT2D eigenvalue weighted by Gasteiger charge is 2.10. The molecule has 7 heteroatoms. The molecule has 0 amide bonds. The Hall–Kier alpha value is -0.340. The maximum atomic E-state index is 11.2. The minimum Gasteiger partial charge on any atom is -0.329 e. The van der Waals surface area contributed by atoms with Crippen LogP contribution in [0.5, 0.6) is 0 Å². The van der Waals surface area contributed by atoms with Gasteiger partial charge in [-0.2, -0.15) is 8.42 Å². The molecule has 0 aromatic rings. The predicted molar refractivity (Wildman–Crippen MR) is 67.8 cm³/mol. The van der Waals surface area contributed by atoms with Crippen molar-refractivity contribution in [3.05, 3.63) is 0 Å². The van der Waals surface area contributed by atoms with Crippen LogP contribution < -0.4 is 0 Å². The van der Waals surface area contributed by atoms with Gasteiger partial charge < -0.3 is 4.52 Å². The zero-order valence-electron chi connectivity index (χ0n) is 10.2. The Labute approximate surface area is 103 Å². The molecule has 0 saturated heterocycles. The number of unbranched alkanes of at least 4 members (excludes halogenated alkanes) is 2. The first-order chi connectivity index (χ1) is 7.77. The summed E-state index contributed by atoms with van der Waals surface area (Å²) in [5.74, 6) is 2.05. The highest BCUT2D eigenvalue weighted by Crippen LogP contribution is 2.37. The number of hydrogen-bond acceptors (Lipinski definition) is 5. The zero-order chi connectivity index (χ0) is 13.4. The zero-order valence-corrected chi connectivity index (χ0v) is 11.9. The lowest BCUT2D eigenvalue weighted by Gasteiger charge is -2.07. The molecule has 0 N–H and O–H groups in total. The average Bonchev–Trinajstić information content (AvgIpc) is 2.19. The van der Waals surface area contributed by atoms with E-state index in [-0.39, 0.29) is 12.4 Å². The minimum absolute atomic E-state index is 0.0510. The van der Waals surface area contributed by atoms with Crippen molar-refractivity contribution in [1.82, 2.24) is 0 Å². The highest BCUT2D eigenvalue weighted by atomic mass is 32.2. The van der Waals surface area contributed by atoms with Gasteiger partial charge in [-0.3, -0.25) is 8.75 Å². The van der Waals surface area contributed by atoms with Gasteiger partial charge in [0.05, 0.1) is 12.4 Å². The van der Waals surface area contributed by atoms with E-state index in [2.05, 4.69) is 10.1 Å². The van der Waals surface area contributed by atoms with Gasteiger partial charge in [0.25, 0.3) is 10.1 Å². The molecule has 0 radical (unpaired) electrons. The lowest BCUT2D eigenvalue weighted by Crippen LogP contribution is -2.11. The smallest absolute Gasteiger partial charge is 0.268 e. The molecule has 0 rings (SSSR count). The molecule has 0 aromatic heterocycles. The van der Waals surface area contributed by atoms with Gasteiger partial charge in [0.2, 0.25) is 0 Å². The molecular weight excluding hydrogens is 263 g/mol. The molecule has 0 aliphatic heterocycles. The molecule has 0 aromatic carbocycles. The van der Waals surface area contributed by atoms with Gasteiger partial charge in [0.15, 0.2) is 7.37 Å². The van der Waals surface area contributed by atoms with E-state index in [1.807, 2.05) is 0 Å². The van der Waals surface area contributed by atoms with E-state index in [9.17, 15) is 13.0 Å². The lowest BCUT2D eigenvalue weighted by molar-refractivity contribution is 0.309. The summed E-state index contributed by atoms with van der Waals surface area (Å²) >= 11 is 0. The second kappa shape index (κ2) is 7.88. The molecule has 17 heavy (non-hydrogen) atoms. The van der Waals surface area contributed by atoms with Gasteiger partial charge in [-0.05, 0) is 12.8 Å². The Morgan fingerprint density at radius 2 is 1.88 bits per heavy atom. The van der Waals surface area contributed by atoms with Crippen molar-refractivity contribution in [3.63, 3.8) is 0 Å². The molecule has 0 spiro atoms. The average molecular weight is 282 g/mol. The Morgan fingerprint density at radius 1 is 1.24 bits per heavy atom. The number of rotatable bonds is 9. The maximum absolute atomic E-state index is 11.2. The second-order valence-electron chi connectivity index (χ2n) is 3.87.